The summed E-state index contributed by atoms with van der Waals surface area (Å²) >= 11 is 1.73. The average Bonchev–Trinajstić information content (AvgIpc) is 3.27. The van der Waals surface area contributed by atoms with E-state index >= 15 is 0 Å². The van der Waals surface area contributed by atoms with E-state index in [1.807, 2.05) is 18.2 Å². The largest absolute Gasteiger partial charge is 0.490 e. The fourth-order valence-electron chi connectivity index (χ4n) is 3.10. The molecule has 0 atom stereocenters. The van der Waals surface area contributed by atoms with Gasteiger partial charge in [-0.15, -0.1) is 11.3 Å². The standard InChI is InChI=1S/C20H25NO2S/c22-20(21-13-12-19-9-4-14-24-19)11-10-16-5-3-8-18(15-16)23-17-6-1-2-7-17/h3-5,8-9,14-15,17H,1-2,6-7,10-13H2,(H,21,22). The SMILES string of the molecule is O=C(CCc1cccc(OC2CCCC2)c1)NCCc1cccs1. The van der Waals surface area contributed by atoms with Gasteiger partial charge >= 0.3 is 0 Å². The van der Waals surface area contributed by atoms with Crippen molar-refractivity contribution in [3.05, 3.63) is 52.2 Å². The van der Waals surface area contributed by atoms with Gasteiger partial charge in [0.15, 0.2) is 0 Å². The number of nitrogens with one attached hydrogen (secondary N) is 1. The molecule has 0 bridgehead atoms. The van der Waals surface area contributed by atoms with E-state index in [0.29, 0.717) is 19.1 Å². The molecule has 0 saturated heterocycles. The minimum atomic E-state index is 0.119. The molecule has 1 fully saturated rings. The van der Waals surface area contributed by atoms with Crippen LogP contribution in [0.15, 0.2) is 41.8 Å². The fraction of sp³-hybridized carbons (Fsp3) is 0.450. The van der Waals surface area contributed by atoms with E-state index in [9.17, 15) is 4.79 Å². The number of thiophene rings is 1. The number of benzene rings is 1. The molecule has 0 radical (unpaired) electrons. The second-order valence-electron chi connectivity index (χ2n) is 6.35. The van der Waals surface area contributed by atoms with Crippen molar-refractivity contribution in [2.75, 3.05) is 6.54 Å². The van der Waals surface area contributed by atoms with Gasteiger partial charge < -0.3 is 10.1 Å². The summed E-state index contributed by atoms with van der Waals surface area (Å²) < 4.78 is 6.03. The maximum Gasteiger partial charge on any atom is 0.220 e. The Morgan fingerprint density at radius 3 is 2.83 bits per heavy atom. The lowest BCUT2D eigenvalue weighted by molar-refractivity contribution is -0.121. The van der Waals surface area contributed by atoms with E-state index in [4.69, 9.17) is 4.74 Å². The molecule has 1 heterocycles. The van der Waals surface area contributed by atoms with Crippen LogP contribution in [0.2, 0.25) is 0 Å². The van der Waals surface area contributed by atoms with Gasteiger partial charge in [-0.2, -0.15) is 0 Å². The number of carbonyl (C=O) groups is 1. The summed E-state index contributed by atoms with van der Waals surface area (Å²) in [4.78, 5) is 13.3. The molecule has 1 aromatic carbocycles. The van der Waals surface area contributed by atoms with Crippen molar-refractivity contribution in [2.45, 2.75) is 51.0 Å². The van der Waals surface area contributed by atoms with Crippen LogP contribution in [0, 0.1) is 0 Å². The van der Waals surface area contributed by atoms with Crippen LogP contribution in [-0.4, -0.2) is 18.6 Å². The molecule has 4 heteroatoms. The van der Waals surface area contributed by atoms with Crippen molar-refractivity contribution in [3.8, 4) is 5.75 Å². The van der Waals surface area contributed by atoms with Crippen LogP contribution in [0.5, 0.6) is 5.75 Å². The fourth-order valence-corrected chi connectivity index (χ4v) is 3.81. The molecule has 3 nitrogen and oxygen atoms in total. The first-order valence-corrected chi connectivity index (χ1v) is 9.72. The molecule has 2 aromatic rings. The first-order valence-electron chi connectivity index (χ1n) is 8.84. The number of ether oxygens (including phenoxy) is 1. The smallest absolute Gasteiger partial charge is 0.220 e. The highest BCUT2D eigenvalue weighted by Crippen LogP contribution is 2.24. The number of aryl methyl sites for hydroxylation is 1. The average molecular weight is 343 g/mol. The molecule has 1 N–H and O–H groups in total. The number of hydrogen-bond acceptors (Lipinski definition) is 3. The van der Waals surface area contributed by atoms with E-state index in [0.717, 1.165) is 31.4 Å². The monoisotopic (exact) mass is 343 g/mol. The molecule has 128 valence electrons. The van der Waals surface area contributed by atoms with Gasteiger partial charge in [0.2, 0.25) is 5.91 Å². The molecular formula is C20H25NO2S. The Kier molecular flexibility index (Phi) is 6.30. The van der Waals surface area contributed by atoms with Gasteiger partial charge in [-0.3, -0.25) is 4.79 Å². The van der Waals surface area contributed by atoms with E-state index in [1.165, 1.54) is 23.3 Å². The Balaban J connectivity index is 1.39. The zero-order chi connectivity index (χ0) is 16.6. The summed E-state index contributed by atoms with van der Waals surface area (Å²) in [6.07, 6.45) is 7.44. The van der Waals surface area contributed by atoms with Crippen LogP contribution in [0.3, 0.4) is 0 Å². The first kappa shape index (κ1) is 17.0. The van der Waals surface area contributed by atoms with Crippen LogP contribution >= 0.6 is 11.3 Å². The molecule has 1 aliphatic carbocycles. The predicted octanol–water partition coefficient (Wildman–Crippen LogP) is 4.36. The van der Waals surface area contributed by atoms with Crippen molar-refractivity contribution in [3.63, 3.8) is 0 Å². The molecule has 1 amide bonds. The Morgan fingerprint density at radius 2 is 2.04 bits per heavy atom. The minimum Gasteiger partial charge on any atom is -0.490 e. The molecule has 24 heavy (non-hydrogen) atoms. The van der Waals surface area contributed by atoms with Crippen molar-refractivity contribution < 1.29 is 9.53 Å². The van der Waals surface area contributed by atoms with Gasteiger partial charge in [-0.1, -0.05) is 18.2 Å². The Bertz CT molecular complexity index is 633. The Hall–Kier alpha value is -1.81. The summed E-state index contributed by atoms with van der Waals surface area (Å²) in [7, 11) is 0. The lowest BCUT2D eigenvalue weighted by Gasteiger charge is -2.13. The second-order valence-corrected chi connectivity index (χ2v) is 7.38. The number of amides is 1. The molecule has 1 saturated carbocycles. The Labute approximate surface area is 148 Å². The number of hydrogen-bond donors (Lipinski definition) is 1. The van der Waals surface area contributed by atoms with E-state index in [1.54, 1.807) is 11.3 Å². The third-order valence-electron chi connectivity index (χ3n) is 4.42. The lowest BCUT2D eigenvalue weighted by Crippen LogP contribution is -2.25. The van der Waals surface area contributed by atoms with Gasteiger partial charge in [0.25, 0.3) is 0 Å². The van der Waals surface area contributed by atoms with Gasteiger partial charge in [-0.25, -0.2) is 0 Å². The van der Waals surface area contributed by atoms with Crippen LogP contribution < -0.4 is 10.1 Å². The van der Waals surface area contributed by atoms with Gasteiger partial charge in [-0.05, 0) is 67.7 Å². The highest BCUT2D eigenvalue weighted by molar-refractivity contribution is 7.09. The topological polar surface area (TPSA) is 38.3 Å². The summed E-state index contributed by atoms with van der Waals surface area (Å²) in [5, 5.41) is 5.07. The van der Waals surface area contributed by atoms with Crippen LogP contribution in [-0.2, 0) is 17.6 Å². The van der Waals surface area contributed by atoms with Crippen LogP contribution in [0.25, 0.3) is 0 Å². The molecular weight excluding hydrogens is 318 g/mol. The van der Waals surface area contributed by atoms with Crippen molar-refractivity contribution >= 4 is 17.2 Å². The maximum atomic E-state index is 12.0. The zero-order valence-electron chi connectivity index (χ0n) is 14.0. The quantitative estimate of drug-likeness (QED) is 0.773. The molecule has 3 rings (SSSR count). The van der Waals surface area contributed by atoms with Gasteiger partial charge in [0.05, 0.1) is 6.10 Å². The summed E-state index contributed by atoms with van der Waals surface area (Å²) in [6.45, 7) is 0.712. The summed E-state index contributed by atoms with van der Waals surface area (Å²) in [5.74, 6) is 1.06. The molecule has 0 spiro atoms. The second kappa shape index (κ2) is 8.88. The molecule has 1 aromatic heterocycles. The third kappa shape index (κ3) is 5.38. The van der Waals surface area contributed by atoms with E-state index < -0.39 is 0 Å². The van der Waals surface area contributed by atoms with E-state index in [-0.39, 0.29) is 5.91 Å². The van der Waals surface area contributed by atoms with Gasteiger partial charge in [0, 0.05) is 17.8 Å². The third-order valence-corrected chi connectivity index (χ3v) is 5.35. The Morgan fingerprint density at radius 1 is 1.17 bits per heavy atom. The minimum absolute atomic E-state index is 0.119. The van der Waals surface area contributed by atoms with Crippen molar-refractivity contribution in [1.82, 2.24) is 5.32 Å². The number of rotatable bonds is 8. The highest BCUT2D eigenvalue weighted by atomic mass is 32.1. The normalized spacial score (nSPS) is 14.7. The molecule has 0 unspecified atom stereocenters. The van der Waals surface area contributed by atoms with E-state index in [2.05, 4.69) is 28.9 Å². The predicted molar refractivity (Wildman–Crippen MR) is 98.7 cm³/mol. The first-order chi connectivity index (χ1) is 11.8. The molecule has 1 aliphatic rings. The highest BCUT2D eigenvalue weighted by Gasteiger charge is 2.16. The van der Waals surface area contributed by atoms with Crippen LogP contribution in [0.4, 0.5) is 0 Å². The maximum absolute atomic E-state index is 12.0. The lowest BCUT2D eigenvalue weighted by atomic mass is 10.1. The summed E-state index contributed by atoms with van der Waals surface area (Å²) in [6, 6.07) is 12.3. The van der Waals surface area contributed by atoms with Gasteiger partial charge in [0.1, 0.15) is 5.75 Å². The molecule has 0 aliphatic heterocycles. The van der Waals surface area contributed by atoms with Crippen molar-refractivity contribution in [1.29, 1.82) is 0 Å². The summed E-state index contributed by atoms with van der Waals surface area (Å²) in [5.41, 5.74) is 1.17. The van der Waals surface area contributed by atoms with Crippen molar-refractivity contribution in [2.24, 2.45) is 0 Å². The van der Waals surface area contributed by atoms with Crippen LogP contribution in [0.1, 0.15) is 42.5 Å². The zero-order valence-corrected chi connectivity index (χ0v) is 14.8. The number of carbonyl (C=O) groups excluding carboxylic acids is 1.